The molecule has 0 saturated heterocycles. The Balaban J connectivity index is 2.41. The summed E-state index contributed by atoms with van der Waals surface area (Å²) in [5, 5.41) is 13.1. The molecular formula is C21H32N2O5. The van der Waals surface area contributed by atoms with Crippen molar-refractivity contribution in [3.8, 4) is 5.75 Å². The number of methoxy groups -OCH3 is 1. The summed E-state index contributed by atoms with van der Waals surface area (Å²) in [5.74, 6) is -1.51. The van der Waals surface area contributed by atoms with Crippen LogP contribution in [0.5, 0.6) is 5.75 Å². The van der Waals surface area contributed by atoms with Crippen LogP contribution in [0.25, 0.3) is 0 Å². The lowest BCUT2D eigenvalue weighted by molar-refractivity contribution is -0.144. The molecule has 0 bridgehead atoms. The summed E-state index contributed by atoms with van der Waals surface area (Å²) >= 11 is 0. The highest BCUT2D eigenvalue weighted by Crippen LogP contribution is 2.27. The van der Waals surface area contributed by atoms with Crippen molar-refractivity contribution in [2.24, 2.45) is 11.8 Å². The van der Waals surface area contributed by atoms with Crippen LogP contribution in [0.1, 0.15) is 67.6 Å². The fraction of sp³-hybridized carbons (Fsp3) is 0.667. The fourth-order valence-corrected chi connectivity index (χ4v) is 3.84. The maximum atomic E-state index is 13.1. The molecule has 0 spiro atoms. The Labute approximate surface area is 166 Å². The number of nitrogens with one attached hydrogen (secondary N) is 1. The van der Waals surface area contributed by atoms with Gasteiger partial charge < -0.3 is 19.7 Å². The number of carbonyl (C=O) groups excluding carboxylic acids is 2. The maximum Gasteiger partial charge on any atom is 0.328 e. The van der Waals surface area contributed by atoms with E-state index in [9.17, 15) is 19.5 Å². The number of esters is 1. The quantitative estimate of drug-likeness (QED) is 0.726. The Bertz CT molecular complexity index is 791. The molecule has 7 heteroatoms. The van der Waals surface area contributed by atoms with Gasteiger partial charge in [-0.15, -0.1) is 0 Å². The molecule has 2 rings (SSSR count). The number of aromatic nitrogens is 1. The molecular weight excluding hydrogens is 360 g/mol. The second kappa shape index (κ2) is 9.26. The molecule has 1 aliphatic carbocycles. The highest BCUT2D eigenvalue weighted by atomic mass is 16.5. The summed E-state index contributed by atoms with van der Waals surface area (Å²) in [5.41, 5.74) is 0.335. The minimum absolute atomic E-state index is 0.227. The molecule has 156 valence electrons. The highest BCUT2D eigenvalue weighted by molar-refractivity contribution is 5.99. The van der Waals surface area contributed by atoms with E-state index in [1.54, 1.807) is 32.3 Å². The van der Waals surface area contributed by atoms with Gasteiger partial charge in [0.2, 0.25) is 0 Å². The third kappa shape index (κ3) is 4.56. The van der Waals surface area contributed by atoms with Crippen molar-refractivity contribution in [2.75, 3.05) is 7.11 Å². The number of hydrogen-bond acceptors (Lipinski definition) is 5. The Kier molecular flexibility index (Phi) is 7.27. The highest BCUT2D eigenvalue weighted by Gasteiger charge is 2.30. The van der Waals surface area contributed by atoms with Crippen LogP contribution in [0, 0.1) is 25.7 Å². The van der Waals surface area contributed by atoms with Crippen LogP contribution in [0.2, 0.25) is 0 Å². The van der Waals surface area contributed by atoms with Gasteiger partial charge in [0, 0.05) is 17.8 Å². The first-order valence-electron chi connectivity index (χ1n) is 10.0. The van der Waals surface area contributed by atoms with E-state index in [-0.39, 0.29) is 17.2 Å². The molecule has 28 heavy (non-hydrogen) atoms. The smallest absolute Gasteiger partial charge is 0.328 e. The molecule has 2 N–H and O–H groups in total. The Morgan fingerprint density at radius 2 is 1.82 bits per heavy atom. The monoisotopic (exact) mass is 392 g/mol. The van der Waals surface area contributed by atoms with Crippen molar-refractivity contribution in [3.05, 3.63) is 27.2 Å². The van der Waals surface area contributed by atoms with Gasteiger partial charge in [0.05, 0.1) is 7.11 Å². The number of pyridine rings is 1. The standard InChI is InChI=1S/C21H32N2O5/c1-12(2)17(21(27)28-5)22-19(25)16-18(24)13(3)14(4)23(20(16)26)11-15-9-7-6-8-10-15/h12,15,17,24H,6-11H2,1-5H3,(H,22,25). The van der Waals surface area contributed by atoms with Crippen molar-refractivity contribution in [1.82, 2.24) is 9.88 Å². The minimum Gasteiger partial charge on any atom is -0.507 e. The van der Waals surface area contributed by atoms with E-state index in [2.05, 4.69) is 5.32 Å². The van der Waals surface area contributed by atoms with E-state index < -0.39 is 23.5 Å². The van der Waals surface area contributed by atoms with Gasteiger partial charge in [-0.05, 0) is 38.5 Å². The van der Waals surface area contributed by atoms with Crippen molar-refractivity contribution >= 4 is 11.9 Å². The number of nitrogens with zero attached hydrogens (tertiary/aromatic N) is 1. The summed E-state index contributed by atoms with van der Waals surface area (Å²) in [4.78, 5) is 37.9. The molecule has 1 fully saturated rings. The maximum absolute atomic E-state index is 13.1. The zero-order valence-electron chi connectivity index (χ0n) is 17.5. The molecule has 1 unspecified atom stereocenters. The number of aromatic hydroxyl groups is 1. The molecule has 7 nitrogen and oxygen atoms in total. The summed E-state index contributed by atoms with van der Waals surface area (Å²) in [6.07, 6.45) is 5.64. The van der Waals surface area contributed by atoms with Gasteiger partial charge in [-0.25, -0.2) is 4.79 Å². The minimum atomic E-state index is -0.898. The van der Waals surface area contributed by atoms with E-state index in [0.717, 1.165) is 25.7 Å². The van der Waals surface area contributed by atoms with Gasteiger partial charge >= 0.3 is 5.97 Å². The van der Waals surface area contributed by atoms with Gasteiger partial charge in [0.25, 0.3) is 11.5 Å². The number of rotatable bonds is 6. The summed E-state index contributed by atoms with van der Waals surface area (Å²) in [6.45, 7) is 7.55. The zero-order chi connectivity index (χ0) is 21.0. The molecule has 0 aromatic carbocycles. The normalized spacial score (nSPS) is 16.1. The fourth-order valence-electron chi connectivity index (χ4n) is 3.84. The predicted molar refractivity (Wildman–Crippen MR) is 107 cm³/mol. The number of amides is 1. The van der Waals surface area contributed by atoms with Gasteiger partial charge in [0.1, 0.15) is 17.4 Å². The average molecular weight is 392 g/mol. The summed E-state index contributed by atoms with van der Waals surface area (Å²) < 4.78 is 6.34. The molecule has 1 saturated carbocycles. The van der Waals surface area contributed by atoms with Gasteiger partial charge in [-0.1, -0.05) is 33.1 Å². The molecule has 1 atom stereocenters. The second-order valence-corrected chi connectivity index (χ2v) is 8.07. The van der Waals surface area contributed by atoms with Crippen LogP contribution in [0.4, 0.5) is 0 Å². The molecule has 1 amide bonds. The molecule has 1 aromatic rings. The zero-order valence-corrected chi connectivity index (χ0v) is 17.5. The van der Waals surface area contributed by atoms with Crippen molar-refractivity contribution in [3.63, 3.8) is 0 Å². The van der Waals surface area contributed by atoms with E-state index in [0.29, 0.717) is 23.7 Å². The van der Waals surface area contributed by atoms with E-state index in [4.69, 9.17) is 4.74 Å². The first-order chi connectivity index (χ1) is 13.2. The number of hydrogen-bond donors (Lipinski definition) is 2. The largest absolute Gasteiger partial charge is 0.507 e. The van der Waals surface area contributed by atoms with E-state index in [1.165, 1.54) is 13.5 Å². The van der Waals surface area contributed by atoms with E-state index in [1.807, 2.05) is 0 Å². The van der Waals surface area contributed by atoms with Crippen molar-refractivity contribution in [2.45, 2.75) is 72.4 Å². The third-order valence-electron chi connectivity index (χ3n) is 5.80. The Morgan fingerprint density at radius 1 is 1.21 bits per heavy atom. The third-order valence-corrected chi connectivity index (χ3v) is 5.80. The summed E-state index contributed by atoms with van der Waals surface area (Å²) in [6, 6.07) is -0.898. The Morgan fingerprint density at radius 3 is 2.36 bits per heavy atom. The van der Waals surface area contributed by atoms with Crippen molar-refractivity contribution in [1.29, 1.82) is 0 Å². The molecule has 1 aliphatic rings. The topological polar surface area (TPSA) is 97.6 Å². The predicted octanol–water partition coefficient (Wildman–Crippen LogP) is 2.68. The molecule has 0 aliphatic heterocycles. The lowest BCUT2D eigenvalue weighted by atomic mass is 9.89. The molecule has 1 heterocycles. The lowest BCUT2D eigenvalue weighted by Gasteiger charge is -2.25. The average Bonchev–Trinajstić information content (AvgIpc) is 2.68. The van der Waals surface area contributed by atoms with Gasteiger partial charge in [-0.2, -0.15) is 0 Å². The lowest BCUT2D eigenvalue weighted by Crippen LogP contribution is -2.47. The van der Waals surface area contributed by atoms with Crippen LogP contribution in [0.3, 0.4) is 0 Å². The van der Waals surface area contributed by atoms with Gasteiger partial charge in [0.15, 0.2) is 0 Å². The number of carbonyl (C=O) groups is 2. The summed E-state index contributed by atoms with van der Waals surface area (Å²) in [7, 11) is 1.24. The van der Waals surface area contributed by atoms with Crippen molar-refractivity contribution < 1.29 is 19.4 Å². The van der Waals surface area contributed by atoms with Crippen LogP contribution in [0.15, 0.2) is 4.79 Å². The van der Waals surface area contributed by atoms with Gasteiger partial charge in [-0.3, -0.25) is 9.59 Å². The second-order valence-electron chi connectivity index (χ2n) is 8.07. The van der Waals surface area contributed by atoms with Crippen LogP contribution >= 0.6 is 0 Å². The first-order valence-corrected chi connectivity index (χ1v) is 10.0. The van der Waals surface area contributed by atoms with E-state index >= 15 is 0 Å². The first kappa shape index (κ1) is 22.0. The molecule has 0 radical (unpaired) electrons. The van der Waals surface area contributed by atoms with Crippen LogP contribution in [-0.2, 0) is 16.1 Å². The Hall–Kier alpha value is -2.31. The molecule has 1 aromatic heterocycles. The number of ether oxygens (including phenoxy) is 1. The SMILES string of the molecule is COC(=O)C(NC(=O)c1c(O)c(C)c(C)n(CC2CCCCC2)c1=O)C(C)C. The van der Waals surface area contributed by atoms with Crippen LogP contribution < -0.4 is 10.9 Å². The van der Waals surface area contributed by atoms with Crippen LogP contribution in [-0.4, -0.2) is 34.7 Å².